The molecule has 7 heteroatoms. The summed E-state index contributed by atoms with van der Waals surface area (Å²) < 4.78 is 5.27. The van der Waals surface area contributed by atoms with Crippen LogP contribution in [0.3, 0.4) is 0 Å². The van der Waals surface area contributed by atoms with Gasteiger partial charge in [-0.2, -0.15) is 10.4 Å². The average molecular weight is 425 g/mol. The average Bonchev–Trinajstić information content (AvgIpc) is 3.22. The minimum absolute atomic E-state index is 0.222. The molecule has 4 N–H and O–H groups in total. The summed E-state index contributed by atoms with van der Waals surface area (Å²) in [5, 5.41) is 20.7. The molecule has 1 heterocycles. The molecule has 0 spiro atoms. The molecule has 0 radical (unpaired) electrons. The van der Waals surface area contributed by atoms with E-state index in [4.69, 9.17) is 10.5 Å². The smallest absolute Gasteiger partial charge is 0.251 e. The zero-order valence-corrected chi connectivity index (χ0v) is 17.8. The number of nitrogens with zero attached hydrogens (tertiary/aromatic N) is 2. The summed E-state index contributed by atoms with van der Waals surface area (Å²) in [6, 6.07) is 20.2. The van der Waals surface area contributed by atoms with E-state index in [1.54, 1.807) is 25.3 Å². The molecular formula is C25H23N5O2. The van der Waals surface area contributed by atoms with E-state index in [1.165, 1.54) is 0 Å². The number of aromatic nitrogens is 2. The molecule has 1 atom stereocenters. The monoisotopic (exact) mass is 425 g/mol. The number of hydrogen-bond acceptors (Lipinski definition) is 5. The summed E-state index contributed by atoms with van der Waals surface area (Å²) in [5.41, 5.74) is 11.1. The van der Waals surface area contributed by atoms with Crippen LogP contribution in [0.15, 0.2) is 60.7 Å². The third-order valence-electron chi connectivity index (χ3n) is 5.45. The highest BCUT2D eigenvalue weighted by atomic mass is 16.5. The van der Waals surface area contributed by atoms with Gasteiger partial charge in [-0.25, -0.2) is 0 Å². The number of amides is 1. The highest BCUT2D eigenvalue weighted by Crippen LogP contribution is 2.27. The van der Waals surface area contributed by atoms with Gasteiger partial charge in [-0.05, 0) is 66.1 Å². The van der Waals surface area contributed by atoms with Gasteiger partial charge in [0.2, 0.25) is 0 Å². The zero-order valence-electron chi connectivity index (χ0n) is 17.8. The topological polar surface area (TPSA) is 117 Å². The van der Waals surface area contributed by atoms with E-state index in [0.29, 0.717) is 16.9 Å². The molecule has 0 saturated heterocycles. The van der Waals surface area contributed by atoms with Crippen LogP contribution >= 0.6 is 0 Å². The van der Waals surface area contributed by atoms with Crippen molar-refractivity contribution >= 4 is 16.8 Å². The number of ether oxygens (including phenoxy) is 1. The fraction of sp³-hybridized carbons (Fsp3) is 0.160. The predicted molar refractivity (Wildman–Crippen MR) is 123 cm³/mol. The number of H-pyrrole nitrogens is 1. The van der Waals surface area contributed by atoms with Gasteiger partial charge in [-0.1, -0.05) is 18.2 Å². The minimum Gasteiger partial charge on any atom is -0.497 e. The predicted octanol–water partition coefficient (Wildman–Crippen LogP) is 3.85. The molecule has 160 valence electrons. The number of carbonyl (C=O) groups is 1. The Morgan fingerprint density at radius 2 is 2.03 bits per heavy atom. The molecule has 0 saturated carbocycles. The van der Waals surface area contributed by atoms with Crippen LogP contribution in [0, 0.1) is 18.3 Å². The normalized spacial score (nSPS) is 11.7. The first-order chi connectivity index (χ1) is 15.5. The van der Waals surface area contributed by atoms with Gasteiger partial charge < -0.3 is 15.8 Å². The van der Waals surface area contributed by atoms with Crippen molar-refractivity contribution in [2.24, 2.45) is 5.73 Å². The first-order valence-corrected chi connectivity index (χ1v) is 10.2. The number of methoxy groups -OCH3 is 1. The van der Waals surface area contributed by atoms with Gasteiger partial charge in [0, 0.05) is 17.5 Å². The summed E-state index contributed by atoms with van der Waals surface area (Å²) in [6.45, 7) is 2.15. The molecule has 0 aliphatic carbocycles. The van der Waals surface area contributed by atoms with Crippen molar-refractivity contribution in [2.45, 2.75) is 13.0 Å². The van der Waals surface area contributed by atoms with Crippen molar-refractivity contribution in [1.82, 2.24) is 15.5 Å². The van der Waals surface area contributed by atoms with Crippen LogP contribution < -0.4 is 15.8 Å². The van der Waals surface area contributed by atoms with Gasteiger partial charge >= 0.3 is 0 Å². The van der Waals surface area contributed by atoms with E-state index in [0.717, 1.165) is 33.3 Å². The molecule has 0 fully saturated rings. The Morgan fingerprint density at radius 1 is 1.19 bits per heavy atom. The number of carbonyl (C=O) groups excluding carboxylic acids is 1. The van der Waals surface area contributed by atoms with E-state index >= 15 is 0 Å². The van der Waals surface area contributed by atoms with E-state index < -0.39 is 6.04 Å². The van der Waals surface area contributed by atoms with Crippen molar-refractivity contribution < 1.29 is 9.53 Å². The maximum absolute atomic E-state index is 13.1. The third-order valence-corrected chi connectivity index (χ3v) is 5.45. The Hall–Kier alpha value is -4.15. The van der Waals surface area contributed by atoms with Crippen LogP contribution in [0.4, 0.5) is 0 Å². The minimum atomic E-state index is -0.392. The number of nitrogens with one attached hydrogen (secondary N) is 2. The number of nitriles is 1. The van der Waals surface area contributed by atoms with Crippen molar-refractivity contribution in [1.29, 1.82) is 5.26 Å². The van der Waals surface area contributed by atoms with Crippen molar-refractivity contribution in [3.8, 4) is 22.9 Å². The lowest BCUT2D eigenvalue weighted by Gasteiger charge is -2.18. The first kappa shape index (κ1) is 21.1. The molecule has 32 heavy (non-hydrogen) atoms. The molecule has 0 aliphatic heterocycles. The third kappa shape index (κ3) is 4.17. The van der Waals surface area contributed by atoms with Crippen molar-refractivity contribution in [3.05, 3.63) is 83.0 Å². The fourth-order valence-corrected chi connectivity index (χ4v) is 3.69. The van der Waals surface area contributed by atoms with Gasteiger partial charge in [-0.3, -0.25) is 9.89 Å². The van der Waals surface area contributed by atoms with Crippen LogP contribution in [0.5, 0.6) is 5.75 Å². The quantitative estimate of drug-likeness (QED) is 0.434. The number of nitrogens with two attached hydrogens (primary N) is 1. The summed E-state index contributed by atoms with van der Waals surface area (Å²) in [6.07, 6.45) is 0. The van der Waals surface area contributed by atoms with Crippen LogP contribution in [0.2, 0.25) is 0 Å². The Labute approximate surface area is 185 Å². The molecular weight excluding hydrogens is 402 g/mol. The van der Waals surface area contributed by atoms with Crippen LogP contribution in [-0.2, 0) is 0 Å². The maximum Gasteiger partial charge on any atom is 0.251 e. The lowest BCUT2D eigenvalue weighted by Crippen LogP contribution is -2.33. The fourth-order valence-electron chi connectivity index (χ4n) is 3.69. The Bertz CT molecular complexity index is 1340. The number of hydrogen-bond donors (Lipinski definition) is 3. The van der Waals surface area contributed by atoms with E-state index in [2.05, 4.69) is 21.6 Å². The zero-order chi connectivity index (χ0) is 22.7. The standard InChI is InChI=1S/C25H23N5O2/c1-15-22-12-17(6-7-23(22)30-29-15)19-8-16(13-26)9-20(10-19)25(31)28-24(14-27)18-4-3-5-21(11-18)32-2/h3-12,24H,14,27H2,1-2H3,(H,28,31)(H,29,30). The molecule has 1 amide bonds. The van der Waals surface area contributed by atoms with Gasteiger partial charge in [0.25, 0.3) is 5.91 Å². The number of aromatic amines is 1. The highest BCUT2D eigenvalue weighted by Gasteiger charge is 2.17. The molecule has 7 nitrogen and oxygen atoms in total. The molecule has 1 aromatic heterocycles. The second-order valence-corrected chi connectivity index (χ2v) is 7.52. The molecule has 4 aromatic rings. The van der Waals surface area contributed by atoms with Crippen molar-refractivity contribution in [3.63, 3.8) is 0 Å². The Kier molecular flexibility index (Phi) is 5.88. The number of fused-ring (bicyclic) bond motifs is 1. The lowest BCUT2D eigenvalue weighted by molar-refractivity contribution is 0.0937. The Balaban J connectivity index is 1.67. The second-order valence-electron chi connectivity index (χ2n) is 7.52. The van der Waals surface area contributed by atoms with Crippen LogP contribution in [0.1, 0.15) is 33.2 Å². The van der Waals surface area contributed by atoms with E-state index in [-0.39, 0.29) is 12.5 Å². The first-order valence-electron chi connectivity index (χ1n) is 10.2. The maximum atomic E-state index is 13.1. The highest BCUT2D eigenvalue weighted by molar-refractivity contribution is 5.97. The number of aryl methyl sites for hydroxylation is 1. The SMILES string of the molecule is COc1cccc(C(CN)NC(=O)c2cc(C#N)cc(-c3ccc4[nH]nc(C)c4c3)c2)c1. The van der Waals surface area contributed by atoms with Gasteiger partial charge in [0.15, 0.2) is 0 Å². The molecule has 0 bridgehead atoms. The summed E-state index contributed by atoms with van der Waals surface area (Å²) in [7, 11) is 1.59. The lowest BCUT2D eigenvalue weighted by atomic mass is 9.98. The van der Waals surface area contributed by atoms with Crippen LogP contribution in [-0.4, -0.2) is 29.8 Å². The summed E-state index contributed by atoms with van der Waals surface area (Å²) in [4.78, 5) is 13.1. The van der Waals surface area contributed by atoms with Gasteiger partial charge in [-0.15, -0.1) is 0 Å². The van der Waals surface area contributed by atoms with Crippen LogP contribution in [0.25, 0.3) is 22.0 Å². The second kappa shape index (κ2) is 8.92. The van der Waals surface area contributed by atoms with E-state index in [1.807, 2.05) is 49.4 Å². The molecule has 3 aromatic carbocycles. The molecule has 4 rings (SSSR count). The van der Waals surface area contributed by atoms with Gasteiger partial charge in [0.1, 0.15) is 5.75 Å². The largest absolute Gasteiger partial charge is 0.497 e. The Morgan fingerprint density at radius 3 is 2.78 bits per heavy atom. The van der Waals surface area contributed by atoms with Gasteiger partial charge in [0.05, 0.1) is 36.0 Å². The molecule has 1 unspecified atom stereocenters. The van der Waals surface area contributed by atoms with Crippen molar-refractivity contribution in [2.75, 3.05) is 13.7 Å². The summed E-state index contributed by atoms with van der Waals surface area (Å²) >= 11 is 0. The molecule has 0 aliphatic rings. The number of benzene rings is 3. The van der Waals surface area contributed by atoms with E-state index in [9.17, 15) is 10.1 Å². The number of rotatable bonds is 6. The summed E-state index contributed by atoms with van der Waals surface area (Å²) in [5.74, 6) is 0.385.